The molecule has 0 radical (unpaired) electrons. The van der Waals surface area contributed by atoms with Crippen LogP contribution in [0.3, 0.4) is 0 Å². The number of halogens is 1. The molecule has 1 aliphatic rings. The van der Waals surface area contributed by atoms with E-state index in [-0.39, 0.29) is 12.1 Å². The first-order valence-electron chi connectivity index (χ1n) is 12.3. The van der Waals surface area contributed by atoms with E-state index in [2.05, 4.69) is 22.9 Å². The summed E-state index contributed by atoms with van der Waals surface area (Å²) in [5, 5.41) is 19.8. The van der Waals surface area contributed by atoms with Gasteiger partial charge in [0.1, 0.15) is 17.7 Å². The summed E-state index contributed by atoms with van der Waals surface area (Å²) in [6.07, 6.45) is 1.33. The molecule has 2 N–H and O–H groups in total. The molecule has 0 fully saturated rings. The smallest absolute Gasteiger partial charge is 0.309 e. The van der Waals surface area contributed by atoms with Gasteiger partial charge in [0.2, 0.25) is 5.88 Å². The van der Waals surface area contributed by atoms with Crippen LogP contribution in [-0.4, -0.2) is 47.3 Å². The van der Waals surface area contributed by atoms with Crippen LogP contribution in [0.1, 0.15) is 60.8 Å². The number of pyridine rings is 1. The van der Waals surface area contributed by atoms with Gasteiger partial charge in [-0.1, -0.05) is 24.3 Å². The van der Waals surface area contributed by atoms with Gasteiger partial charge in [0, 0.05) is 17.7 Å². The molecule has 1 aromatic heterocycles. The molecule has 0 amide bonds. The Hall–Kier alpha value is -3.49. The average Bonchev–Trinajstić information content (AvgIpc) is 2.91. The molecule has 2 heterocycles. The Morgan fingerprint density at radius 2 is 1.92 bits per heavy atom. The summed E-state index contributed by atoms with van der Waals surface area (Å²) >= 11 is 0. The number of carboxylic acids is 1. The lowest BCUT2D eigenvalue weighted by atomic mass is 9.89. The third-order valence-electron chi connectivity index (χ3n) is 7.24. The number of nitrogens with zero attached hydrogens (tertiary/aromatic N) is 2. The third kappa shape index (κ3) is 5.45. The predicted octanol–water partition coefficient (Wildman–Crippen LogP) is 5.34. The van der Waals surface area contributed by atoms with Crippen molar-refractivity contribution < 1.29 is 28.9 Å². The fourth-order valence-electron chi connectivity index (χ4n) is 4.62. The molecule has 37 heavy (non-hydrogen) atoms. The van der Waals surface area contributed by atoms with Crippen molar-refractivity contribution in [1.82, 2.24) is 9.88 Å². The molecule has 2 aromatic carbocycles. The molecule has 0 saturated heterocycles. The van der Waals surface area contributed by atoms with E-state index in [4.69, 9.17) is 9.47 Å². The summed E-state index contributed by atoms with van der Waals surface area (Å²) in [7, 11) is 5.45. The molecule has 0 bridgehead atoms. The van der Waals surface area contributed by atoms with Crippen LogP contribution in [0.4, 0.5) is 4.39 Å². The number of fused-ring (bicyclic) bond motifs is 1. The zero-order valence-electron chi connectivity index (χ0n) is 21.7. The largest absolute Gasteiger partial charge is 0.485 e. The molecule has 4 atom stereocenters. The SMILES string of the molecule is COc1cc(-c2ccc(C3CCc4ccc([C@H](O)[C@H](C)C(=O)O)cc4O3)cc2C(C)N(C)C)c(F)cn1. The molecule has 7 nitrogen and oxygen atoms in total. The third-order valence-corrected chi connectivity index (χ3v) is 7.24. The second-order valence-electron chi connectivity index (χ2n) is 9.78. The Labute approximate surface area is 216 Å². The maximum absolute atomic E-state index is 14.9. The molecule has 196 valence electrons. The highest BCUT2D eigenvalue weighted by molar-refractivity contribution is 5.71. The summed E-state index contributed by atoms with van der Waals surface area (Å²) in [6, 6.07) is 12.9. The number of hydrogen-bond acceptors (Lipinski definition) is 6. The van der Waals surface area contributed by atoms with Crippen molar-refractivity contribution in [2.75, 3.05) is 21.2 Å². The minimum atomic E-state index is -1.13. The molecule has 0 saturated carbocycles. The molecule has 4 rings (SSSR count). The first-order chi connectivity index (χ1) is 17.6. The molecule has 1 aliphatic heterocycles. The first-order valence-corrected chi connectivity index (χ1v) is 12.3. The lowest BCUT2D eigenvalue weighted by Crippen LogP contribution is -2.20. The number of methoxy groups -OCH3 is 1. The van der Waals surface area contributed by atoms with Gasteiger partial charge in [-0.25, -0.2) is 9.37 Å². The van der Waals surface area contributed by atoms with Crippen LogP contribution in [0.25, 0.3) is 11.1 Å². The number of aliphatic hydroxyl groups excluding tert-OH is 1. The predicted molar refractivity (Wildman–Crippen MR) is 138 cm³/mol. The lowest BCUT2D eigenvalue weighted by molar-refractivity contribution is -0.145. The highest BCUT2D eigenvalue weighted by Crippen LogP contribution is 2.40. The van der Waals surface area contributed by atoms with E-state index in [0.717, 1.165) is 35.1 Å². The average molecular weight is 509 g/mol. The van der Waals surface area contributed by atoms with Crippen LogP contribution in [0.15, 0.2) is 48.7 Å². The van der Waals surface area contributed by atoms with Crippen LogP contribution in [-0.2, 0) is 11.2 Å². The molecule has 2 unspecified atom stereocenters. The maximum Gasteiger partial charge on any atom is 0.309 e. The zero-order valence-corrected chi connectivity index (χ0v) is 21.7. The van der Waals surface area contributed by atoms with Crippen LogP contribution in [0.2, 0.25) is 0 Å². The normalized spacial score (nSPS) is 17.5. The van der Waals surface area contributed by atoms with Crippen molar-refractivity contribution in [2.45, 2.75) is 44.9 Å². The standard InChI is InChI=1S/C29H33FN2O5/c1-16(29(34)35)28(33)20-7-6-18-9-11-25(37-26(18)13-20)19-8-10-21(22(12-19)17(2)32(3)4)23-14-27(36-5)31-15-24(23)30/h6-8,10,12-17,25,28,33H,9,11H2,1-5H3,(H,34,35)/t16-,17?,25?,28+/m0/s1. The fraction of sp³-hybridized carbons (Fsp3) is 0.379. The number of aliphatic carboxylic acids is 1. The molecular formula is C29H33FN2O5. The van der Waals surface area contributed by atoms with Crippen LogP contribution >= 0.6 is 0 Å². The lowest BCUT2D eigenvalue weighted by Gasteiger charge is -2.30. The second-order valence-corrected chi connectivity index (χ2v) is 9.78. The highest BCUT2D eigenvalue weighted by atomic mass is 19.1. The van der Waals surface area contributed by atoms with Crippen LogP contribution < -0.4 is 9.47 Å². The maximum atomic E-state index is 14.9. The van der Waals surface area contributed by atoms with Gasteiger partial charge in [0.05, 0.1) is 25.3 Å². The quantitative estimate of drug-likeness (QED) is 0.424. The monoisotopic (exact) mass is 508 g/mol. The minimum absolute atomic E-state index is 0.0105. The van der Waals surface area contributed by atoms with E-state index in [1.807, 2.05) is 32.3 Å². The van der Waals surface area contributed by atoms with Gasteiger partial charge in [0.25, 0.3) is 0 Å². The van der Waals surface area contributed by atoms with E-state index in [1.165, 1.54) is 20.2 Å². The number of aryl methyl sites for hydroxylation is 1. The molecule has 3 aromatic rings. The molecule has 8 heteroatoms. The van der Waals surface area contributed by atoms with E-state index in [9.17, 15) is 19.4 Å². The molecule has 0 aliphatic carbocycles. The van der Waals surface area contributed by atoms with Gasteiger partial charge < -0.3 is 24.6 Å². The number of carboxylic acid groups (broad SMARTS) is 1. The van der Waals surface area contributed by atoms with Crippen molar-refractivity contribution in [3.05, 3.63) is 76.7 Å². The number of rotatable bonds is 8. The summed E-state index contributed by atoms with van der Waals surface area (Å²) < 4.78 is 26.5. The zero-order chi connectivity index (χ0) is 26.9. The van der Waals surface area contributed by atoms with Gasteiger partial charge in [-0.3, -0.25) is 4.79 Å². The Kier molecular flexibility index (Phi) is 7.80. The number of aliphatic hydroxyl groups is 1. The number of ether oxygens (including phenoxy) is 2. The van der Waals surface area contributed by atoms with E-state index < -0.39 is 23.8 Å². The highest BCUT2D eigenvalue weighted by Gasteiger charge is 2.27. The summed E-state index contributed by atoms with van der Waals surface area (Å²) in [5.74, 6) is -1.44. The second kappa shape index (κ2) is 10.9. The minimum Gasteiger partial charge on any atom is -0.485 e. The van der Waals surface area contributed by atoms with E-state index in [1.54, 1.807) is 18.2 Å². The number of hydrogen-bond donors (Lipinski definition) is 2. The van der Waals surface area contributed by atoms with Gasteiger partial charge in [0.15, 0.2) is 0 Å². The van der Waals surface area contributed by atoms with Crippen molar-refractivity contribution in [1.29, 1.82) is 0 Å². The van der Waals surface area contributed by atoms with Crippen molar-refractivity contribution in [3.8, 4) is 22.8 Å². The summed E-state index contributed by atoms with van der Waals surface area (Å²) in [6.45, 7) is 3.54. The van der Waals surface area contributed by atoms with Crippen molar-refractivity contribution >= 4 is 5.97 Å². The van der Waals surface area contributed by atoms with Gasteiger partial charge >= 0.3 is 5.97 Å². The topological polar surface area (TPSA) is 92.1 Å². The number of carbonyl (C=O) groups is 1. The van der Waals surface area contributed by atoms with Gasteiger partial charge in [-0.05, 0) is 80.7 Å². The Balaban J connectivity index is 1.70. The Morgan fingerprint density at radius 3 is 2.59 bits per heavy atom. The van der Waals surface area contributed by atoms with E-state index >= 15 is 0 Å². The van der Waals surface area contributed by atoms with Crippen molar-refractivity contribution in [2.24, 2.45) is 5.92 Å². The van der Waals surface area contributed by atoms with Crippen molar-refractivity contribution in [3.63, 3.8) is 0 Å². The Bertz CT molecular complexity index is 1300. The summed E-state index contributed by atoms with van der Waals surface area (Å²) in [4.78, 5) is 17.4. The van der Waals surface area contributed by atoms with Gasteiger partial charge in [-0.15, -0.1) is 0 Å². The Morgan fingerprint density at radius 1 is 1.16 bits per heavy atom. The van der Waals surface area contributed by atoms with Crippen LogP contribution in [0, 0.1) is 11.7 Å². The summed E-state index contributed by atoms with van der Waals surface area (Å²) in [5.41, 5.74) is 4.61. The number of aromatic nitrogens is 1. The number of benzene rings is 2. The van der Waals surface area contributed by atoms with Gasteiger partial charge in [-0.2, -0.15) is 0 Å². The van der Waals surface area contributed by atoms with E-state index in [0.29, 0.717) is 22.8 Å². The first kappa shape index (κ1) is 26.6. The fourth-order valence-corrected chi connectivity index (χ4v) is 4.62. The molecular weight excluding hydrogens is 475 g/mol. The molecule has 0 spiro atoms. The van der Waals surface area contributed by atoms with Crippen LogP contribution in [0.5, 0.6) is 11.6 Å².